The van der Waals surface area contributed by atoms with Gasteiger partial charge >= 0.3 is 14.8 Å². The summed E-state index contributed by atoms with van der Waals surface area (Å²) < 4.78 is 24.6. The number of halogens is 1. The first-order valence-electron chi connectivity index (χ1n) is 3.01. The molecular formula is C7H5BrO4. The van der Waals surface area contributed by atoms with Crippen LogP contribution in [0.1, 0.15) is 10.4 Å². The summed E-state index contributed by atoms with van der Waals surface area (Å²) in [4.78, 5) is 10.2. The zero-order valence-electron chi connectivity index (χ0n) is 5.90. The molecule has 0 radical (unpaired) electrons. The molecule has 0 aliphatic heterocycles. The summed E-state index contributed by atoms with van der Waals surface area (Å²) >= 11 is -3.21. The van der Waals surface area contributed by atoms with E-state index in [2.05, 4.69) is 3.83 Å². The molecule has 0 bridgehead atoms. The number of carbonyl (C=O) groups excluding carboxylic acids is 1. The Kier molecular flexibility index (Phi) is 3.21. The van der Waals surface area contributed by atoms with Gasteiger partial charge in [0.15, 0.2) is 0 Å². The van der Waals surface area contributed by atoms with E-state index in [0.29, 0.717) is 11.8 Å². The van der Waals surface area contributed by atoms with E-state index in [1.54, 1.807) is 0 Å². The van der Waals surface area contributed by atoms with Gasteiger partial charge in [0.25, 0.3) is 0 Å². The van der Waals surface area contributed by atoms with Crippen LogP contribution in [-0.4, -0.2) is 6.29 Å². The average molecular weight is 233 g/mol. The molecule has 0 aliphatic rings. The number of aldehydes is 1. The van der Waals surface area contributed by atoms with E-state index >= 15 is 0 Å². The van der Waals surface area contributed by atoms with Crippen LogP contribution in [0.25, 0.3) is 0 Å². The molecule has 64 valence electrons. The molecule has 5 heteroatoms. The molecule has 0 amide bonds. The molecule has 1 aromatic rings. The molecule has 0 N–H and O–H groups in total. The van der Waals surface area contributed by atoms with Gasteiger partial charge in [-0.05, 0) is 24.3 Å². The highest BCUT2D eigenvalue weighted by Gasteiger charge is 2.11. The highest BCUT2D eigenvalue weighted by molar-refractivity contribution is 5.74. The van der Waals surface area contributed by atoms with E-state index in [1.807, 2.05) is 0 Å². The van der Waals surface area contributed by atoms with Crippen molar-refractivity contribution in [2.45, 2.75) is 0 Å². The number of hydrogen-bond acceptors (Lipinski definition) is 4. The van der Waals surface area contributed by atoms with Gasteiger partial charge in [-0.1, -0.05) is 0 Å². The van der Waals surface area contributed by atoms with Crippen LogP contribution >= 0.6 is 0 Å². The monoisotopic (exact) mass is 232 g/mol. The molecule has 0 aliphatic carbocycles. The highest BCUT2D eigenvalue weighted by Crippen LogP contribution is 2.11. The van der Waals surface area contributed by atoms with Gasteiger partial charge in [0.2, 0.25) is 5.75 Å². The van der Waals surface area contributed by atoms with E-state index in [-0.39, 0.29) is 5.75 Å². The molecule has 0 saturated heterocycles. The molecule has 4 nitrogen and oxygen atoms in total. The molecule has 0 fully saturated rings. The lowest BCUT2D eigenvalue weighted by Gasteiger charge is -1.93. The topological polar surface area (TPSA) is 72.4 Å². The molecule has 0 saturated carbocycles. The highest BCUT2D eigenvalue weighted by atomic mass is 80.0. The Hall–Kier alpha value is -0.910. The second kappa shape index (κ2) is 4.20. The van der Waals surface area contributed by atoms with Crippen molar-refractivity contribution in [2.75, 3.05) is 0 Å². The smallest absolute Gasteiger partial charge is 0.361 e. The van der Waals surface area contributed by atoms with Crippen LogP contribution in [0.4, 0.5) is 0 Å². The van der Waals surface area contributed by atoms with Crippen molar-refractivity contribution in [2.24, 2.45) is 0 Å². The molecule has 1 rings (SSSR count). The quantitative estimate of drug-likeness (QED) is 0.625. The van der Waals surface area contributed by atoms with Gasteiger partial charge < -0.3 is 8.40 Å². The third kappa shape index (κ3) is 2.61. The lowest BCUT2D eigenvalue weighted by molar-refractivity contribution is -1.62. The van der Waals surface area contributed by atoms with Crippen molar-refractivity contribution in [3.05, 3.63) is 29.8 Å². The van der Waals surface area contributed by atoms with Crippen LogP contribution in [0.2, 0.25) is 0 Å². The SMILES string of the molecule is O=Cc1ccc(O[Br+2]([O-])[O-])cc1. The Labute approximate surface area is 74.2 Å². The third-order valence-corrected chi connectivity index (χ3v) is 1.81. The fourth-order valence-corrected chi connectivity index (χ4v) is 1.19. The van der Waals surface area contributed by atoms with Crippen LogP contribution < -0.4 is 12.2 Å². The van der Waals surface area contributed by atoms with Crippen molar-refractivity contribution in [3.63, 3.8) is 0 Å². The fraction of sp³-hybridized carbons (Fsp3) is 0. The predicted molar refractivity (Wildman–Crippen MR) is 32.5 cm³/mol. The lowest BCUT2D eigenvalue weighted by Crippen LogP contribution is -2.36. The van der Waals surface area contributed by atoms with Gasteiger partial charge in [-0.15, -0.1) is 3.83 Å². The van der Waals surface area contributed by atoms with Crippen molar-refractivity contribution in [1.82, 2.24) is 0 Å². The second-order valence-corrected chi connectivity index (χ2v) is 3.07. The number of rotatable bonds is 3. The lowest BCUT2D eigenvalue weighted by atomic mass is 10.2. The molecule has 0 heterocycles. The Morgan fingerprint density at radius 2 is 1.83 bits per heavy atom. The van der Waals surface area contributed by atoms with Crippen LogP contribution in [0, 0.1) is 14.8 Å². The van der Waals surface area contributed by atoms with E-state index in [1.165, 1.54) is 24.3 Å². The molecule has 1 aromatic carbocycles. The zero-order chi connectivity index (χ0) is 8.97. The van der Waals surface area contributed by atoms with Gasteiger partial charge in [-0.3, -0.25) is 4.79 Å². The number of benzene rings is 1. The van der Waals surface area contributed by atoms with Gasteiger partial charge in [0, 0.05) is 5.56 Å². The van der Waals surface area contributed by atoms with E-state index < -0.39 is 14.8 Å². The minimum Gasteiger partial charge on any atom is -0.361 e. The second-order valence-electron chi connectivity index (χ2n) is 1.95. The van der Waals surface area contributed by atoms with Crippen LogP contribution in [0.15, 0.2) is 24.3 Å². The van der Waals surface area contributed by atoms with E-state index in [9.17, 15) is 13.2 Å². The van der Waals surface area contributed by atoms with Crippen molar-refractivity contribution < 1.29 is 31.8 Å². The Morgan fingerprint density at radius 1 is 1.25 bits per heavy atom. The normalized spacial score (nSPS) is 9.92. The maximum Gasteiger partial charge on any atom is 0.501 e. The number of carbonyl (C=O) groups is 1. The summed E-state index contributed by atoms with van der Waals surface area (Å²) in [6, 6.07) is 5.80. The first-order chi connectivity index (χ1) is 5.72. The minimum atomic E-state index is -3.21. The zero-order valence-corrected chi connectivity index (χ0v) is 7.48. The Morgan fingerprint density at radius 3 is 2.25 bits per heavy atom. The molecular weight excluding hydrogens is 228 g/mol. The van der Waals surface area contributed by atoms with Crippen LogP contribution in [0.5, 0.6) is 5.75 Å². The minimum absolute atomic E-state index is 0.223. The summed E-state index contributed by atoms with van der Waals surface area (Å²) in [6.45, 7) is 0. The third-order valence-electron chi connectivity index (χ3n) is 1.17. The molecule has 12 heavy (non-hydrogen) atoms. The summed E-state index contributed by atoms with van der Waals surface area (Å²) in [5.74, 6) is 0.223. The van der Waals surface area contributed by atoms with Gasteiger partial charge in [-0.25, -0.2) is 0 Å². The van der Waals surface area contributed by atoms with Gasteiger partial charge in [0.1, 0.15) is 6.29 Å². The Balaban J connectivity index is 2.71. The van der Waals surface area contributed by atoms with Crippen molar-refractivity contribution in [1.29, 1.82) is 0 Å². The maximum absolute atomic E-state index is 10.2. The molecule has 0 atom stereocenters. The van der Waals surface area contributed by atoms with Crippen molar-refractivity contribution >= 4 is 6.29 Å². The Bertz CT molecular complexity index is 257. The van der Waals surface area contributed by atoms with Gasteiger partial charge in [0.05, 0.1) is 0 Å². The summed E-state index contributed by atoms with van der Waals surface area (Å²) in [7, 11) is 0. The van der Waals surface area contributed by atoms with Crippen LogP contribution in [0.3, 0.4) is 0 Å². The summed E-state index contributed by atoms with van der Waals surface area (Å²) in [6.07, 6.45) is 0.671. The first kappa shape index (κ1) is 9.18. The predicted octanol–water partition coefficient (Wildman–Crippen LogP) is -1.04. The average Bonchev–Trinajstić information content (AvgIpc) is 2.05. The van der Waals surface area contributed by atoms with Crippen molar-refractivity contribution in [3.8, 4) is 5.75 Å². The maximum atomic E-state index is 10.2. The molecule has 0 aromatic heterocycles. The standard InChI is InChI=1S/C7H5BrO4/c9-5-6-1-3-7(4-2-6)12-8(10)11/h1-5H. The fourth-order valence-electron chi connectivity index (χ4n) is 0.671. The summed E-state index contributed by atoms with van der Waals surface area (Å²) in [5.41, 5.74) is 0.480. The molecule has 0 spiro atoms. The van der Waals surface area contributed by atoms with E-state index in [0.717, 1.165) is 0 Å². The number of hydrogen-bond donors (Lipinski definition) is 0. The van der Waals surface area contributed by atoms with Gasteiger partial charge in [-0.2, -0.15) is 0 Å². The van der Waals surface area contributed by atoms with Crippen LogP contribution in [-0.2, 0) is 0 Å². The largest absolute Gasteiger partial charge is 0.501 e. The first-order valence-corrected chi connectivity index (χ1v) is 4.96. The van der Waals surface area contributed by atoms with E-state index in [4.69, 9.17) is 0 Å². The summed E-state index contributed by atoms with van der Waals surface area (Å²) in [5, 5.41) is 0. The molecule has 0 unspecified atom stereocenters.